The quantitative estimate of drug-likeness (QED) is 0.529. The lowest BCUT2D eigenvalue weighted by atomic mass is 9.93. The number of rotatable bonds is 1. The first kappa shape index (κ1) is 15.9. The van der Waals surface area contributed by atoms with Crippen molar-refractivity contribution in [3.05, 3.63) is 58.1 Å². The normalized spacial score (nSPS) is 12.5. The monoisotopic (exact) mass is 368 g/mol. The third kappa shape index (κ3) is 3.23. The smallest absolute Gasteiger partial charge is 0.166 e. The Hall–Kier alpha value is -1.50. The fourth-order valence-corrected chi connectivity index (χ4v) is 2.46. The molecule has 0 radical (unpaired) electrons. The molecular weight excluding hydrogens is 362 g/mol. The van der Waals surface area contributed by atoms with Crippen LogP contribution in [-0.2, 0) is 12.4 Å². The van der Waals surface area contributed by atoms with Crippen molar-refractivity contribution < 1.29 is 26.3 Å². The second-order valence-electron chi connectivity index (χ2n) is 4.20. The van der Waals surface area contributed by atoms with Crippen LogP contribution in [0.15, 0.2) is 46.9 Å². The molecule has 0 aliphatic rings. The Morgan fingerprint density at radius 3 is 1.57 bits per heavy atom. The largest absolute Gasteiger partial charge is 0.417 e. The Kier molecular flexibility index (Phi) is 4.06. The molecule has 0 unspecified atom stereocenters. The van der Waals surface area contributed by atoms with E-state index in [4.69, 9.17) is 0 Å². The van der Waals surface area contributed by atoms with E-state index < -0.39 is 29.0 Å². The minimum atomic E-state index is -4.88. The first-order valence-electron chi connectivity index (χ1n) is 5.64. The fourth-order valence-electron chi connectivity index (χ4n) is 1.98. The number of hydrogen-bond donors (Lipinski definition) is 0. The van der Waals surface area contributed by atoms with Gasteiger partial charge in [0.2, 0.25) is 0 Å². The summed E-state index contributed by atoms with van der Waals surface area (Å²) in [6.45, 7) is 0. The molecule has 0 bridgehead atoms. The average Bonchev–Trinajstić information content (AvgIpc) is 2.36. The van der Waals surface area contributed by atoms with Crippen molar-refractivity contribution in [3.63, 3.8) is 0 Å². The van der Waals surface area contributed by atoms with Crippen molar-refractivity contribution in [2.75, 3.05) is 0 Å². The summed E-state index contributed by atoms with van der Waals surface area (Å²) in [5.74, 6) is 0. The van der Waals surface area contributed by atoms with Crippen LogP contribution in [0, 0.1) is 0 Å². The third-order valence-electron chi connectivity index (χ3n) is 2.82. The first-order valence-corrected chi connectivity index (χ1v) is 6.44. The molecular formula is C14H7BrF6. The van der Waals surface area contributed by atoms with Crippen LogP contribution in [0.4, 0.5) is 26.3 Å². The molecule has 0 N–H and O–H groups in total. The minimum Gasteiger partial charge on any atom is -0.166 e. The van der Waals surface area contributed by atoms with Gasteiger partial charge < -0.3 is 0 Å². The maximum atomic E-state index is 13.1. The number of halogens is 7. The van der Waals surface area contributed by atoms with Crippen molar-refractivity contribution in [3.8, 4) is 11.1 Å². The van der Waals surface area contributed by atoms with E-state index in [1.54, 1.807) is 0 Å². The van der Waals surface area contributed by atoms with E-state index in [0.29, 0.717) is 12.1 Å². The summed E-state index contributed by atoms with van der Waals surface area (Å²) in [6, 6.07) is 7.54. The summed E-state index contributed by atoms with van der Waals surface area (Å²) >= 11 is 3.00. The first-order chi connectivity index (χ1) is 9.62. The molecule has 0 nitrogen and oxygen atoms in total. The molecule has 2 aromatic carbocycles. The van der Waals surface area contributed by atoms with Gasteiger partial charge >= 0.3 is 12.4 Å². The predicted octanol–water partition coefficient (Wildman–Crippen LogP) is 6.15. The zero-order valence-electron chi connectivity index (χ0n) is 10.2. The number of alkyl halides is 6. The number of benzene rings is 2. The molecule has 2 aromatic rings. The van der Waals surface area contributed by atoms with Crippen LogP contribution < -0.4 is 0 Å². The van der Waals surface area contributed by atoms with E-state index in [2.05, 4.69) is 15.9 Å². The minimum absolute atomic E-state index is 0.155. The molecule has 0 atom stereocenters. The Labute approximate surface area is 124 Å². The summed E-state index contributed by atoms with van der Waals surface area (Å²) in [5.41, 5.74) is -3.66. The zero-order valence-corrected chi connectivity index (χ0v) is 11.8. The summed E-state index contributed by atoms with van der Waals surface area (Å²) in [5, 5.41) is 0. The van der Waals surface area contributed by atoms with Gasteiger partial charge in [-0.05, 0) is 23.8 Å². The highest BCUT2D eigenvalue weighted by Crippen LogP contribution is 2.45. The van der Waals surface area contributed by atoms with Crippen LogP contribution in [0.5, 0.6) is 0 Å². The highest BCUT2D eigenvalue weighted by molar-refractivity contribution is 9.10. The third-order valence-corrected chi connectivity index (χ3v) is 3.51. The lowest BCUT2D eigenvalue weighted by molar-refractivity contribution is -0.142. The molecule has 2 rings (SSSR count). The molecule has 0 saturated heterocycles. The molecule has 0 fully saturated rings. The second kappa shape index (κ2) is 5.36. The van der Waals surface area contributed by atoms with Crippen molar-refractivity contribution >= 4 is 15.9 Å². The summed E-state index contributed by atoms with van der Waals surface area (Å²) in [7, 11) is 0. The van der Waals surface area contributed by atoms with E-state index in [9.17, 15) is 26.3 Å². The lowest BCUT2D eigenvalue weighted by Crippen LogP contribution is -2.14. The van der Waals surface area contributed by atoms with Gasteiger partial charge in [0.15, 0.2) is 0 Å². The summed E-state index contributed by atoms with van der Waals surface area (Å²) in [6.07, 6.45) is -9.77. The van der Waals surface area contributed by atoms with Crippen LogP contribution in [0.2, 0.25) is 0 Å². The van der Waals surface area contributed by atoms with Gasteiger partial charge in [0.25, 0.3) is 0 Å². The van der Waals surface area contributed by atoms with Crippen molar-refractivity contribution in [1.82, 2.24) is 0 Å². The predicted molar refractivity (Wildman–Crippen MR) is 69.6 cm³/mol. The average molecular weight is 369 g/mol. The SMILES string of the molecule is FC(F)(F)c1cccc(C(F)(F)F)c1-c1ccccc1Br. The number of hydrogen-bond acceptors (Lipinski definition) is 0. The molecule has 0 spiro atoms. The van der Waals surface area contributed by atoms with Crippen LogP contribution in [-0.4, -0.2) is 0 Å². The summed E-state index contributed by atoms with van der Waals surface area (Å²) in [4.78, 5) is 0. The van der Waals surface area contributed by atoms with Crippen LogP contribution in [0.1, 0.15) is 11.1 Å². The lowest BCUT2D eigenvalue weighted by Gasteiger charge is -2.19. The zero-order chi connectivity index (χ0) is 15.8. The van der Waals surface area contributed by atoms with E-state index in [1.807, 2.05) is 0 Å². The fraction of sp³-hybridized carbons (Fsp3) is 0.143. The van der Waals surface area contributed by atoms with Crippen molar-refractivity contribution in [1.29, 1.82) is 0 Å². The summed E-state index contributed by atoms with van der Waals surface area (Å²) < 4.78 is 78.5. The second-order valence-corrected chi connectivity index (χ2v) is 5.06. The van der Waals surface area contributed by atoms with Gasteiger partial charge in [0.05, 0.1) is 11.1 Å². The Morgan fingerprint density at radius 1 is 0.667 bits per heavy atom. The van der Waals surface area contributed by atoms with Gasteiger partial charge in [-0.25, -0.2) is 0 Å². The Morgan fingerprint density at radius 2 is 1.14 bits per heavy atom. The van der Waals surface area contributed by atoms with Gasteiger partial charge in [-0.15, -0.1) is 0 Å². The molecule has 0 saturated carbocycles. The van der Waals surface area contributed by atoms with Gasteiger partial charge in [-0.2, -0.15) is 26.3 Å². The molecule has 0 aliphatic heterocycles. The standard InChI is InChI=1S/C14H7BrF6/c15-11-7-2-1-4-8(11)12-9(13(16,17)18)5-3-6-10(12)14(19,20)21/h1-7H. The van der Waals surface area contributed by atoms with Crippen molar-refractivity contribution in [2.24, 2.45) is 0 Å². The molecule has 21 heavy (non-hydrogen) atoms. The molecule has 0 aliphatic carbocycles. The van der Waals surface area contributed by atoms with E-state index >= 15 is 0 Å². The van der Waals surface area contributed by atoms with Crippen LogP contribution >= 0.6 is 15.9 Å². The highest BCUT2D eigenvalue weighted by atomic mass is 79.9. The highest BCUT2D eigenvalue weighted by Gasteiger charge is 2.41. The van der Waals surface area contributed by atoms with E-state index in [1.165, 1.54) is 24.3 Å². The maximum absolute atomic E-state index is 13.1. The molecule has 0 heterocycles. The van der Waals surface area contributed by atoms with Gasteiger partial charge in [0, 0.05) is 10.0 Å². The molecule has 0 amide bonds. The topological polar surface area (TPSA) is 0 Å². The van der Waals surface area contributed by atoms with Gasteiger partial charge in [-0.3, -0.25) is 0 Å². The van der Waals surface area contributed by atoms with Crippen LogP contribution in [0.3, 0.4) is 0 Å². The van der Waals surface area contributed by atoms with E-state index in [-0.39, 0.29) is 10.0 Å². The molecule has 7 heteroatoms. The Bertz CT molecular complexity index is 625. The van der Waals surface area contributed by atoms with Crippen LogP contribution in [0.25, 0.3) is 11.1 Å². The van der Waals surface area contributed by atoms with Crippen molar-refractivity contribution in [2.45, 2.75) is 12.4 Å². The molecule has 0 aromatic heterocycles. The van der Waals surface area contributed by atoms with E-state index in [0.717, 1.165) is 6.07 Å². The van der Waals surface area contributed by atoms with Gasteiger partial charge in [0.1, 0.15) is 0 Å². The molecule has 112 valence electrons. The Balaban J connectivity index is 2.87. The van der Waals surface area contributed by atoms with Gasteiger partial charge in [-0.1, -0.05) is 40.2 Å². The maximum Gasteiger partial charge on any atom is 0.417 e.